The lowest BCUT2D eigenvalue weighted by molar-refractivity contribution is -0.134. The van der Waals surface area contributed by atoms with Gasteiger partial charge in [0.1, 0.15) is 28.7 Å². The van der Waals surface area contributed by atoms with E-state index in [0.29, 0.717) is 45.7 Å². The maximum absolute atomic E-state index is 12.7. The summed E-state index contributed by atoms with van der Waals surface area (Å²) < 4.78 is 17.3. The number of nitrogen functional groups attached to an aromatic ring is 1. The molecule has 0 bridgehead atoms. The van der Waals surface area contributed by atoms with Gasteiger partial charge in [0.05, 0.1) is 11.4 Å². The van der Waals surface area contributed by atoms with Gasteiger partial charge in [-0.15, -0.1) is 0 Å². The molecule has 6 aromatic carbocycles. The summed E-state index contributed by atoms with van der Waals surface area (Å²) in [5, 5.41) is 0.382. The lowest BCUT2D eigenvalue weighted by atomic mass is 10.1. The quantitative estimate of drug-likeness (QED) is 0.0759. The second-order valence-corrected chi connectivity index (χ2v) is 11.2. The molecule has 11 heteroatoms. The zero-order valence-electron chi connectivity index (χ0n) is 27.5. The highest BCUT2D eigenvalue weighted by atomic mass is 35.5. The predicted molar refractivity (Wildman–Crippen MR) is 209 cm³/mol. The number of halogens is 2. The standard InChI is InChI=1S/C27H21NO4.C12H11NO.C2Cl2O2.CH4/c29-24(19-20-11-7-9-17-25(20)31-21-12-3-1-4-13-21)27(30)28-23-16-8-10-18-26(23)32-22-14-5-2-6-15-22;13-11-8-4-5-9-12(11)14-10-6-2-1-3-7-10;3-1(5)2(4)6;/h1-18H,19H2,(H,28,30);1-9H,13H2;;1H4. The smallest absolute Gasteiger partial charge is 0.304 e. The Morgan fingerprint density at radius 3 is 1.36 bits per heavy atom. The number of nitrogens with one attached hydrogen (secondary N) is 1. The summed E-state index contributed by atoms with van der Waals surface area (Å²) in [6.07, 6.45) is -0.0868. The van der Waals surface area contributed by atoms with Crippen molar-refractivity contribution in [2.24, 2.45) is 0 Å². The first-order chi connectivity index (χ1) is 25.2. The molecule has 0 heterocycles. The van der Waals surface area contributed by atoms with E-state index in [2.05, 4.69) is 28.5 Å². The molecule has 6 rings (SSSR count). The normalized spacial score (nSPS) is 9.62. The molecule has 0 saturated heterocycles. The topological polar surface area (TPSA) is 134 Å². The summed E-state index contributed by atoms with van der Waals surface area (Å²) in [5.74, 6) is 2.47. The van der Waals surface area contributed by atoms with E-state index in [1.807, 2.05) is 121 Å². The van der Waals surface area contributed by atoms with Crippen molar-refractivity contribution in [2.75, 3.05) is 11.1 Å². The minimum Gasteiger partial charge on any atom is -0.457 e. The average molecular weight is 752 g/mol. The number of anilines is 2. The third-order valence-electron chi connectivity index (χ3n) is 6.70. The summed E-state index contributed by atoms with van der Waals surface area (Å²) in [6.45, 7) is 0. The third kappa shape index (κ3) is 14.0. The number of ether oxygens (including phenoxy) is 3. The number of amides is 1. The monoisotopic (exact) mass is 750 g/mol. The first-order valence-corrected chi connectivity index (χ1v) is 16.4. The van der Waals surface area contributed by atoms with Gasteiger partial charge in [-0.25, -0.2) is 0 Å². The van der Waals surface area contributed by atoms with Crippen molar-refractivity contribution in [3.05, 3.63) is 169 Å². The van der Waals surface area contributed by atoms with Crippen LogP contribution in [0.15, 0.2) is 164 Å². The fraction of sp³-hybridized carbons (Fsp3) is 0.0476. The van der Waals surface area contributed by atoms with Crippen LogP contribution in [0.25, 0.3) is 0 Å². The molecule has 0 aromatic heterocycles. The minimum absolute atomic E-state index is 0. The van der Waals surface area contributed by atoms with Crippen LogP contribution in [0.1, 0.15) is 13.0 Å². The summed E-state index contributed by atoms with van der Waals surface area (Å²) >= 11 is 8.98. The molecule has 0 spiro atoms. The van der Waals surface area contributed by atoms with Gasteiger partial charge in [-0.05, 0) is 89.9 Å². The molecular formula is C42H36Cl2N2O7. The number of hydrogen-bond donors (Lipinski definition) is 2. The first-order valence-electron chi connectivity index (χ1n) is 15.6. The Morgan fingerprint density at radius 1 is 0.491 bits per heavy atom. The molecule has 0 radical (unpaired) electrons. The second kappa shape index (κ2) is 21.7. The lowest BCUT2D eigenvalue weighted by Gasteiger charge is -2.13. The Bertz CT molecular complexity index is 1970. The zero-order valence-corrected chi connectivity index (χ0v) is 29.0. The number of carbonyl (C=O) groups is 4. The van der Waals surface area contributed by atoms with Crippen molar-refractivity contribution in [3.63, 3.8) is 0 Å². The van der Waals surface area contributed by atoms with Gasteiger partial charge in [-0.1, -0.05) is 104 Å². The molecule has 9 nitrogen and oxygen atoms in total. The molecule has 0 aliphatic rings. The van der Waals surface area contributed by atoms with Crippen molar-refractivity contribution in [1.29, 1.82) is 0 Å². The molecule has 0 atom stereocenters. The van der Waals surface area contributed by atoms with Crippen LogP contribution in [0.5, 0.6) is 34.5 Å². The molecule has 270 valence electrons. The molecule has 0 aliphatic heterocycles. The molecule has 0 saturated carbocycles. The summed E-state index contributed by atoms with van der Waals surface area (Å²) in [7, 11) is 0. The fourth-order valence-corrected chi connectivity index (χ4v) is 4.27. The van der Waals surface area contributed by atoms with E-state index in [1.54, 1.807) is 42.5 Å². The van der Waals surface area contributed by atoms with Gasteiger partial charge in [-0.3, -0.25) is 19.2 Å². The molecule has 0 fully saturated rings. The van der Waals surface area contributed by atoms with Gasteiger partial charge in [0.15, 0.2) is 5.75 Å². The van der Waals surface area contributed by atoms with E-state index < -0.39 is 22.2 Å². The van der Waals surface area contributed by atoms with E-state index in [0.717, 1.165) is 5.75 Å². The Hall–Kier alpha value is -6.42. The number of carbonyl (C=O) groups excluding carboxylic acids is 4. The number of ketones is 1. The largest absolute Gasteiger partial charge is 0.457 e. The third-order valence-corrected chi connectivity index (χ3v) is 7.14. The maximum atomic E-state index is 12.7. The van der Waals surface area contributed by atoms with Gasteiger partial charge in [0.2, 0.25) is 5.78 Å². The highest BCUT2D eigenvalue weighted by Crippen LogP contribution is 2.30. The first kappa shape index (κ1) is 41.0. The average Bonchev–Trinajstić information content (AvgIpc) is 3.16. The van der Waals surface area contributed by atoms with E-state index in [1.165, 1.54) is 0 Å². The van der Waals surface area contributed by atoms with Crippen LogP contribution in [0.4, 0.5) is 11.4 Å². The number of para-hydroxylation sites is 8. The van der Waals surface area contributed by atoms with Crippen molar-refractivity contribution in [3.8, 4) is 34.5 Å². The zero-order chi connectivity index (χ0) is 37.1. The van der Waals surface area contributed by atoms with E-state index in [4.69, 9.17) is 19.9 Å². The van der Waals surface area contributed by atoms with Crippen LogP contribution in [0, 0.1) is 0 Å². The molecule has 0 unspecified atom stereocenters. The van der Waals surface area contributed by atoms with Gasteiger partial charge >= 0.3 is 10.5 Å². The highest BCUT2D eigenvalue weighted by molar-refractivity contribution is 6.97. The Morgan fingerprint density at radius 2 is 0.868 bits per heavy atom. The van der Waals surface area contributed by atoms with Crippen LogP contribution in [-0.4, -0.2) is 22.2 Å². The Kier molecular flexibility index (Phi) is 16.8. The molecule has 1 amide bonds. The van der Waals surface area contributed by atoms with Gasteiger partial charge in [0.25, 0.3) is 5.91 Å². The molecule has 3 N–H and O–H groups in total. The summed E-state index contributed by atoms with van der Waals surface area (Å²) in [6, 6.07) is 49.7. The van der Waals surface area contributed by atoms with Gasteiger partial charge in [0, 0.05) is 12.0 Å². The SMILES string of the molecule is C.Nc1ccccc1Oc1ccccc1.O=C(Cc1ccccc1Oc1ccccc1)C(=O)Nc1ccccc1Oc1ccccc1.O=C(Cl)C(=O)Cl. The van der Waals surface area contributed by atoms with Crippen molar-refractivity contribution < 1.29 is 33.4 Å². The number of Topliss-reactive ketones (excluding diaryl/α,β-unsaturated/α-hetero) is 1. The Labute approximate surface area is 317 Å². The van der Waals surface area contributed by atoms with Crippen molar-refractivity contribution in [1.82, 2.24) is 0 Å². The lowest BCUT2D eigenvalue weighted by Crippen LogP contribution is -2.24. The van der Waals surface area contributed by atoms with Crippen LogP contribution in [0.3, 0.4) is 0 Å². The van der Waals surface area contributed by atoms with Gasteiger partial charge in [-0.2, -0.15) is 0 Å². The number of hydrogen-bond acceptors (Lipinski definition) is 8. The predicted octanol–water partition coefficient (Wildman–Crippen LogP) is 10.2. The van der Waals surface area contributed by atoms with E-state index >= 15 is 0 Å². The van der Waals surface area contributed by atoms with Crippen LogP contribution < -0.4 is 25.3 Å². The highest BCUT2D eigenvalue weighted by Gasteiger charge is 2.19. The van der Waals surface area contributed by atoms with Crippen molar-refractivity contribution >= 4 is 56.8 Å². The van der Waals surface area contributed by atoms with Crippen molar-refractivity contribution in [2.45, 2.75) is 13.8 Å². The number of nitrogens with two attached hydrogens (primary N) is 1. The molecular weight excluding hydrogens is 715 g/mol. The summed E-state index contributed by atoms with van der Waals surface area (Å²) in [5.41, 5.74) is 7.44. The maximum Gasteiger partial charge on any atom is 0.304 e. The van der Waals surface area contributed by atoms with Crippen LogP contribution in [0.2, 0.25) is 0 Å². The van der Waals surface area contributed by atoms with Gasteiger partial charge < -0.3 is 25.3 Å². The van der Waals surface area contributed by atoms with E-state index in [-0.39, 0.29) is 13.8 Å². The fourth-order valence-electron chi connectivity index (χ4n) is 4.27. The summed E-state index contributed by atoms with van der Waals surface area (Å²) in [4.78, 5) is 44.2. The number of benzene rings is 6. The number of rotatable bonds is 11. The van der Waals surface area contributed by atoms with E-state index in [9.17, 15) is 19.2 Å². The van der Waals surface area contributed by atoms with Crippen LogP contribution >= 0.6 is 23.2 Å². The Balaban J connectivity index is 0.000000297. The van der Waals surface area contributed by atoms with Crippen LogP contribution in [-0.2, 0) is 25.6 Å². The minimum atomic E-state index is -1.14. The molecule has 6 aromatic rings. The molecule has 0 aliphatic carbocycles. The second-order valence-electron chi connectivity index (χ2n) is 10.5. The molecule has 53 heavy (non-hydrogen) atoms.